The van der Waals surface area contributed by atoms with Gasteiger partial charge < -0.3 is 34.4 Å². The van der Waals surface area contributed by atoms with Crippen LogP contribution in [-0.2, 0) is 39.0 Å². The van der Waals surface area contributed by atoms with Crippen LogP contribution in [0.15, 0.2) is 72.8 Å². The van der Waals surface area contributed by atoms with E-state index in [-0.39, 0.29) is 73.4 Å². The van der Waals surface area contributed by atoms with Crippen molar-refractivity contribution in [3.8, 4) is 0 Å². The van der Waals surface area contributed by atoms with Crippen molar-refractivity contribution in [1.29, 1.82) is 0 Å². The molecule has 0 nitrogen and oxygen atoms in total. The molecule has 0 aliphatic heterocycles. The summed E-state index contributed by atoms with van der Waals surface area (Å²) in [5.41, 5.74) is 0. The van der Waals surface area contributed by atoms with Gasteiger partial charge in [0.1, 0.15) is 0 Å². The second-order valence-corrected chi connectivity index (χ2v) is 10.2. The third-order valence-corrected chi connectivity index (χ3v) is 7.49. The molecule has 44 heavy (non-hydrogen) atoms. The van der Waals surface area contributed by atoms with Crippen LogP contribution in [0.25, 0.3) is 0 Å². The first kappa shape index (κ1) is 62.3. The Kier molecular flexibility index (Phi) is 69.9. The molecule has 262 valence electrons. The molecule has 2 aromatic carbocycles. The summed E-state index contributed by atoms with van der Waals surface area (Å²) in [5.74, 6) is 3.29. The fraction of sp³-hybridized carbons (Fsp3) is 0.568. The minimum Gasteiger partial charge on any atom is -1.00 e. The Bertz CT molecular complexity index is 525. The van der Waals surface area contributed by atoms with Gasteiger partial charge in [0.25, 0.3) is 0 Å². The summed E-state index contributed by atoms with van der Waals surface area (Å²) in [4.78, 5) is 0. The van der Waals surface area contributed by atoms with Crippen LogP contribution in [0.3, 0.4) is 0 Å². The molecule has 0 heterocycles. The summed E-state index contributed by atoms with van der Waals surface area (Å²) in [6.07, 6.45) is 22.3. The fourth-order valence-electron chi connectivity index (χ4n) is 5.03. The molecule has 0 atom stereocenters. The number of benzene rings is 2. The predicted octanol–water partition coefficient (Wildman–Crippen LogP) is 10.8. The molecule has 3 fully saturated rings. The number of halogens is 4. The molecule has 0 radical (unpaired) electrons. The van der Waals surface area contributed by atoms with Gasteiger partial charge in [-0.2, -0.15) is 0 Å². The Hall–Kier alpha value is -0.528. The molecule has 0 aromatic heterocycles. The average molecular weight is 800 g/mol. The van der Waals surface area contributed by atoms with Gasteiger partial charge in [-0.15, -0.1) is 0 Å². The molecule has 0 N–H and O–H groups in total. The van der Waals surface area contributed by atoms with E-state index in [0.29, 0.717) is 0 Å². The zero-order valence-corrected chi connectivity index (χ0v) is 32.5. The van der Waals surface area contributed by atoms with Crippen molar-refractivity contribution in [2.45, 2.75) is 117 Å². The Morgan fingerprint density at radius 2 is 0.523 bits per heavy atom. The number of hydrogen-bond acceptors (Lipinski definition) is 0. The van der Waals surface area contributed by atoms with Gasteiger partial charge in [-0.1, -0.05) is 190 Å². The Balaban J connectivity index is -0.0000000575. The van der Waals surface area contributed by atoms with E-state index >= 15 is 0 Å². The van der Waals surface area contributed by atoms with Crippen molar-refractivity contribution in [1.82, 2.24) is 0 Å². The smallest absolute Gasteiger partial charge is 1.00 e. The Morgan fingerprint density at radius 3 is 0.591 bits per heavy atom. The Labute approximate surface area is 300 Å². The van der Waals surface area contributed by atoms with Crippen molar-refractivity contribution < 1.29 is 56.6 Å². The standard InChI is InChI=1S/3C7H14.2C6H6.4CH3.BF3.FH.2Ru/c3*1-2-7-5-3-4-6-7;2*1-2-4-6-5-3-1;;;;;2-1(3)4;;;/h3*7H,2-6H2,1H3;2*1-6H;4*1H3;;1H;;/q;;;;;4*-1;;;2*+2/p-1. The van der Waals surface area contributed by atoms with Crippen LogP contribution in [0.4, 0.5) is 12.9 Å². The fourth-order valence-corrected chi connectivity index (χ4v) is 5.03. The van der Waals surface area contributed by atoms with Crippen molar-refractivity contribution in [2.24, 2.45) is 17.8 Å². The molecular weight excluding hydrogens is 733 g/mol. The molecule has 3 aliphatic carbocycles. The maximum atomic E-state index is 9.67. The molecule has 0 saturated heterocycles. The van der Waals surface area contributed by atoms with Gasteiger partial charge in [-0.05, 0) is 17.8 Å². The summed E-state index contributed by atoms with van der Waals surface area (Å²) < 4.78 is 29.0. The molecule has 3 saturated carbocycles. The zero-order chi connectivity index (χ0) is 27.4. The van der Waals surface area contributed by atoms with Crippen molar-refractivity contribution >= 4 is 7.54 Å². The van der Waals surface area contributed by atoms with E-state index in [1.165, 1.54) is 96.3 Å². The van der Waals surface area contributed by atoms with Gasteiger partial charge >= 0.3 is 46.5 Å². The van der Waals surface area contributed by atoms with E-state index in [4.69, 9.17) is 0 Å². The predicted molar refractivity (Wildman–Crippen MR) is 184 cm³/mol. The van der Waals surface area contributed by atoms with Gasteiger partial charge in [0.05, 0.1) is 0 Å². The van der Waals surface area contributed by atoms with Crippen molar-refractivity contribution in [2.75, 3.05) is 0 Å². The maximum absolute atomic E-state index is 9.67. The summed E-state index contributed by atoms with van der Waals surface area (Å²) in [7, 11) is -3.67. The van der Waals surface area contributed by atoms with Crippen LogP contribution in [0.5, 0.6) is 0 Å². The average Bonchev–Trinajstić information content (AvgIpc) is 3.75. The van der Waals surface area contributed by atoms with E-state index in [2.05, 4.69) is 20.8 Å². The van der Waals surface area contributed by atoms with Gasteiger partial charge in [0, 0.05) is 0 Å². The molecule has 7 heteroatoms. The summed E-state index contributed by atoms with van der Waals surface area (Å²) >= 11 is 0. The van der Waals surface area contributed by atoms with Gasteiger partial charge in [-0.25, -0.2) is 0 Å². The van der Waals surface area contributed by atoms with Crippen LogP contribution in [0.1, 0.15) is 117 Å². The third kappa shape index (κ3) is 45.9. The topological polar surface area (TPSA) is 0 Å². The minimum atomic E-state index is -3.67. The third-order valence-electron chi connectivity index (χ3n) is 7.49. The maximum Gasteiger partial charge on any atom is 2.00 e. The van der Waals surface area contributed by atoms with Crippen LogP contribution < -0.4 is 4.70 Å². The number of rotatable bonds is 3. The van der Waals surface area contributed by atoms with Crippen LogP contribution in [0, 0.1) is 47.5 Å². The minimum absolute atomic E-state index is 0. The first-order valence-electron chi connectivity index (χ1n) is 15.0. The van der Waals surface area contributed by atoms with E-state index < -0.39 is 7.54 Å². The Morgan fingerprint density at radius 1 is 0.409 bits per heavy atom. The molecular formula is C37H66BF4Ru2-. The van der Waals surface area contributed by atoms with Crippen LogP contribution in [0.2, 0.25) is 0 Å². The first-order chi connectivity index (χ1) is 18.0. The summed E-state index contributed by atoms with van der Waals surface area (Å²) in [6.45, 7) is 6.90. The molecule has 3 aliphatic rings. The van der Waals surface area contributed by atoms with Crippen molar-refractivity contribution in [3.05, 3.63) is 103 Å². The molecule has 5 rings (SSSR count). The van der Waals surface area contributed by atoms with Gasteiger partial charge in [0.2, 0.25) is 0 Å². The largest absolute Gasteiger partial charge is 2.00 e. The molecule has 2 aromatic rings. The quantitative estimate of drug-likeness (QED) is 0.165. The van der Waals surface area contributed by atoms with E-state index in [1.807, 2.05) is 72.8 Å². The molecule has 0 amide bonds. The van der Waals surface area contributed by atoms with E-state index in [0.717, 1.165) is 17.8 Å². The normalized spacial score (nSPS) is 14.0. The first-order valence-corrected chi connectivity index (χ1v) is 15.0. The van der Waals surface area contributed by atoms with Gasteiger partial charge in [-0.3, -0.25) is 12.9 Å². The second kappa shape index (κ2) is 49.4. The van der Waals surface area contributed by atoms with Crippen LogP contribution in [-0.4, -0.2) is 7.54 Å². The number of hydrogen-bond donors (Lipinski definition) is 0. The van der Waals surface area contributed by atoms with Gasteiger partial charge in [0.15, 0.2) is 0 Å². The molecule has 0 unspecified atom stereocenters. The van der Waals surface area contributed by atoms with E-state index in [9.17, 15) is 12.9 Å². The van der Waals surface area contributed by atoms with E-state index in [1.54, 1.807) is 0 Å². The summed E-state index contributed by atoms with van der Waals surface area (Å²) in [6, 6.07) is 24.0. The molecule has 0 bridgehead atoms. The second-order valence-electron chi connectivity index (χ2n) is 10.2. The monoisotopic (exact) mass is 801 g/mol. The van der Waals surface area contributed by atoms with Crippen molar-refractivity contribution in [3.63, 3.8) is 0 Å². The van der Waals surface area contributed by atoms with Crippen LogP contribution >= 0.6 is 0 Å². The summed E-state index contributed by atoms with van der Waals surface area (Å²) in [5, 5.41) is 0. The SMILES string of the molecule is CCC1CCCC1.CCC1CCCC1.CCC1CCCC1.FB(F)F.[CH3-].[CH3-].[CH3-].[CH3-].[F-].[Ru+2].[Ru+2].c1ccccc1.c1ccccc1. The zero-order valence-electron chi connectivity index (χ0n) is 29.1. The molecule has 0 spiro atoms.